The van der Waals surface area contributed by atoms with Gasteiger partial charge in [0, 0.05) is 29.7 Å². The lowest BCUT2D eigenvalue weighted by Gasteiger charge is -2.05. The Balaban J connectivity index is 2.10. The quantitative estimate of drug-likeness (QED) is 0.374. The molecule has 2 aromatic rings. The van der Waals surface area contributed by atoms with Crippen LogP contribution in [0.4, 0.5) is 17.1 Å². The normalized spacial score (nSPS) is 10.2. The van der Waals surface area contributed by atoms with Gasteiger partial charge in [0.05, 0.1) is 16.6 Å². The van der Waals surface area contributed by atoms with Crippen LogP contribution in [0.25, 0.3) is 0 Å². The Labute approximate surface area is 142 Å². The van der Waals surface area contributed by atoms with Gasteiger partial charge in [-0.1, -0.05) is 6.07 Å². The largest absolute Gasteiger partial charge is 0.360 e. The highest BCUT2D eigenvalue weighted by atomic mass is 16.6. The molecule has 0 heterocycles. The summed E-state index contributed by atoms with van der Waals surface area (Å²) in [4.78, 5) is 22.2. The second-order valence-electron chi connectivity index (χ2n) is 4.76. The first-order valence-corrected chi connectivity index (χ1v) is 6.96. The number of nitrogens with zero attached hydrogens (tertiary/aromatic N) is 3. The van der Waals surface area contributed by atoms with Gasteiger partial charge in [-0.15, -0.1) is 0 Å². The van der Waals surface area contributed by atoms with E-state index in [1.54, 1.807) is 30.3 Å². The number of benzene rings is 2. The van der Waals surface area contributed by atoms with Gasteiger partial charge >= 0.3 is 0 Å². The molecule has 25 heavy (non-hydrogen) atoms. The Kier molecular flexibility index (Phi) is 5.43. The van der Waals surface area contributed by atoms with Crippen LogP contribution in [-0.2, 0) is 4.79 Å². The van der Waals surface area contributed by atoms with Crippen molar-refractivity contribution in [3.63, 3.8) is 0 Å². The molecule has 2 N–H and O–H groups in total. The minimum Gasteiger partial charge on any atom is -0.360 e. The Morgan fingerprint density at radius 3 is 2.44 bits per heavy atom. The summed E-state index contributed by atoms with van der Waals surface area (Å²) in [6, 6.07) is 15.6. The van der Waals surface area contributed by atoms with E-state index >= 15 is 0 Å². The first-order chi connectivity index (χ1) is 12.0. The zero-order chi connectivity index (χ0) is 18.2. The third-order valence-electron chi connectivity index (χ3n) is 3.08. The standard InChI is InChI=1S/C17H11N5O3/c18-9-12-4-6-14(7-5-12)20-11-13(10-19)17(23)21-15-2-1-3-16(8-15)22(24)25/h1-8,11,20H,(H,21,23)/b13-11-. The molecule has 122 valence electrons. The fraction of sp³-hybridized carbons (Fsp3) is 0. The molecule has 1 amide bonds. The van der Waals surface area contributed by atoms with Gasteiger partial charge in [-0.3, -0.25) is 14.9 Å². The van der Waals surface area contributed by atoms with Gasteiger partial charge < -0.3 is 10.6 Å². The van der Waals surface area contributed by atoms with Gasteiger partial charge in [0.2, 0.25) is 0 Å². The number of hydrogen-bond acceptors (Lipinski definition) is 6. The molecule has 0 aliphatic carbocycles. The summed E-state index contributed by atoms with van der Waals surface area (Å²) in [5, 5.41) is 33.8. The van der Waals surface area contributed by atoms with Crippen molar-refractivity contribution >= 4 is 23.0 Å². The highest BCUT2D eigenvalue weighted by Gasteiger charge is 2.12. The van der Waals surface area contributed by atoms with Crippen LogP contribution in [0.3, 0.4) is 0 Å². The monoisotopic (exact) mass is 333 g/mol. The Hall–Kier alpha value is -4.17. The summed E-state index contributed by atoms with van der Waals surface area (Å²) in [6.07, 6.45) is 1.22. The molecular formula is C17H11N5O3. The lowest BCUT2D eigenvalue weighted by Crippen LogP contribution is -2.14. The van der Waals surface area contributed by atoms with Crippen LogP contribution >= 0.6 is 0 Å². The predicted molar refractivity (Wildman–Crippen MR) is 90.2 cm³/mol. The SMILES string of the molecule is N#C/C(=C/Nc1ccc(C#N)cc1)C(=O)Nc1cccc([N+](=O)[O-])c1. The zero-order valence-corrected chi connectivity index (χ0v) is 12.8. The van der Waals surface area contributed by atoms with Crippen LogP contribution in [0.1, 0.15) is 5.56 Å². The molecule has 0 unspecified atom stereocenters. The summed E-state index contributed by atoms with van der Waals surface area (Å²) >= 11 is 0. The maximum atomic E-state index is 12.1. The summed E-state index contributed by atoms with van der Waals surface area (Å²) in [7, 11) is 0. The van der Waals surface area contributed by atoms with E-state index in [0.29, 0.717) is 11.3 Å². The molecule has 0 atom stereocenters. The zero-order valence-electron chi connectivity index (χ0n) is 12.8. The molecule has 0 fully saturated rings. The molecular weight excluding hydrogens is 322 g/mol. The molecule has 0 aromatic heterocycles. The first-order valence-electron chi connectivity index (χ1n) is 6.96. The fourth-order valence-corrected chi connectivity index (χ4v) is 1.84. The highest BCUT2D eigenvalue weighted by Crippen LogP contribution is 2.17. The number of hydrogen-bond donors (Lipinski definition) is 2. The molecule has 0 saturated carbocycles. The van der Waals surface area contributed by atoms with E-state index in [0.717, 1.165) is 0 Å². The lowest BCUT2D eigenvalue weighted by atomic mass is 10.2. The third-order valence-corrected chi connectivity index (χ3v) is 3.08. The Morgan fingerprint density at radius 1 is 1.12 bits per heavy atom. The van der Waals surface area contributed by atoms with E-state index in [1.165, 1.54) is 30.5 Å². The second kappa shape index (κ2) is 7.90. The van der Waals surface area contributed by atoms with Crippen molar-refractivity contribution in [2.24, 2.45) is 0 Å². The van der Waals surface area contributed by atoms with Crippen molar-refractivity contribution in [1.29, 1.82) is 10.5 Å². The molecule has 2 aromatic carbocycles. The van der Waals surface area contributed by atoms with Crippen molar-refractivity contribution < 1.29 is 9.72 Å². The van der Waals surface area contributed by atoms with Gasteiger partial charge in [-0.2, -0.15) is 10.5 Å². The van der Waals surface area contributed by atoms with Crippen molar-refractivity contribution in [2.75, 3.05) is 10.6 Å². The number of amides is 1. The van der Waals surface area contributed by atoms with Crippen molar-refractivity contribution in [2.45, 2.75) is 0 Å². The molecule has 8 nitrogen and oxygen atoms in total. The molecule has 0 saturated heterocycles. The van der Waals surface area contributed by atoms with Gasteiger partial charge in [0.1, 0.15) is 11.6 Å². The maximum Gasteiger partial charge on any atom is 0.271 e. The van der Waals surface area contributed by atoms with Crippen molar-refractivity contribution in [3.05, 3.63) is 76.0 Å². The molecule has 0 aliphatic heterocycles. The van der Waals surface area contributed by atoms with Gasteiger partial charge in [-0.05, 0) is 30.3 Å². The molecule has 8 heteroatoms. The van der Waals surface area contributed by atoms with E-state index in [2.05, 4.69) is 10.6 Å². The number of nitriles is 2. The number of nitro groups is 1. The van der Waals surface area contributed by atoms with Gasteiger partial charge in [-0.25, -0.2) is 0 Å². The average molecular weight is 333 g/mol. The minimum absolute atomic E-state index is 0.170. The van der Waals surface area contributed by atoms with Crippen LogP contribution in [-0.4, -0.2) is 10.8 Å². The Bertz CT molecular complexity index is 921. The number of non-ortho nitro benzene ring substituents is 1. The maximum absolute atomic E-state index is 12.1. The van der Waals surface area contributed by atoms with Crippen molar-refractivity contribution in [3.8, 4) is 12.1 Å². The fourth-order valence-electron chi connectivity index (χ4n) is 1.84. The number of carbonyl (C=O) groups excluding carboxylic acids is 1. The van der Waals surface area contributed by atoms with Crippen LogP contribution in [0.15, 0.2) is 60.3 Å². The number of rotatable bonds is 5. The molecule has 0 bridgehead atoms. The van der Waals surface area contributed by atoms with E-state index in [4.69, 9.17) is 10.5 Å². The van der Waals surface area contributed by atoms with Crippen LogP contribution < -0.4 is 10.6 Å². The second-order valence-corrected chi connectivity index (χ2v) is 4.76. The smallest absolute Gasteiger partial charge is 0.271 e. The third kappa shape index (κ3) is 4.65. The topological polar surface area (TPSA) is 132 Å². The number of nitrogens with one attached hydrogen (secondary N) is 2. The molecule has 0 aliphatic rings. The summed E-state index contributed by atoms with van der Waals surface area (Å²) in [6.45, 7) is 0. The molecule has 2 rings (SSSR count). The van der Waals surface area contributed by atoms with E-state index in [1.807, 2.05) is 6.07 Å². The van der Waals surface area contributed by atoms with Crippen LogP contribution in [0.5, 0.6) is 0 Å². The van der Waals surface area contributed by atoms with Gasteiger partial charge in [0.25, 0.3) is 11.6 Å². The molecule has 0 spiro atoms. The Morgan fingerprint density at radius 2 is 1.84 bits per heavy atom. The van der Waals surface area contributed by atoms with E-state index < -0.39 is 10.8 Å². The van der Waals surface area contributed by atoms with E-state index in [9.17, 15) is 14.9 Å². The summed E-state index contributed by atoms with van der Waals surface area (Å²) in [5.41, 5.74) is 0.902. The number of nitro benzene ring substituents is 1. The average Bonchev–Trinajstić information content (AvgIpc) is 2.63. The molecule has 0 radical (unpaired) electrons. The lowest BCUT2D eigenvalue weighted by molar-refractivity contribution is -0.384. The van der Waals surface area contributed by atoms with Crippen LogP contribution in [0.2, 0.25) is 0 Å². The van der Waals surface area contributed by atoms with Crippen molar-refractivity contribution in [1.82, 2.24) is 0 Å². The van der Waals surface area contributed by atoms with Gasteiger partial charge in [0.15, 0.2) is 0 Å². The first kappa shape index (κ1) is 17.2. The summed E-state index contributed by atoms with van der Waals surface area (Å²) in [5.74, 6) is -0.704. The predicted octanol–water partition coefficient (Wildman–Crippen LogP) is 2.92. The summed E-state index contributed by atoms with van der Waals surface area (Å²) < 4.78 is 0. The highest BCUT2D eigenvalue weighted by molar-refractivity contribution is 6.06. The number of anilines is 2. The van der Waals surface area contributed by atoms with Crippen LogP contribution in [0, 0.1) is 32.8 Å². The van der Waals surface area contributed by atoms with E-state index in [-0.39, 0.29) is 16.9 Å². The number of carbonyl (C=O) groups is 1. The minimum atomic E-state index is -0.704.